The summed E-state index contributed by atoms with van der Waals surface area (Å²) in [6, 6.07) is 0. The standard InChI is InChI=1S/C10H14N4OS/c1-3-11-5-9-13-8(14-15-9)4-10-12-7(2)6-16-10/h6,11H,3-5H2,1-2H3. The van der Waals surface area contributed by atoms with Crippen molar-refractivity contribution in [3.63, 3.8) is 0 Å². The highest BCUT2D eigenvalue weighted by Crippen LogP contribution is 2.12. The zero-order valence-corrected chi connectivity index (χ0v) is 10.2. The molecular formula is C10H14N4OS. The minimum absolute atomic E-state index is 0.625. The molecule has 0 radical (unpaired) electrons. The Balaban J connectivity index is 1.97. The SMILES string of the molecule is CCNCc1nc(Cc2nc(C)cs2)no1. The Hall–Kier alpha value is -1.27. The van der Waals surface area contributed by atoms with E-state index in [1.807, 2.05) is 19.2 Å². The number of rotatable bonds is 5. The first kappa shape index (κ1) is 11.2. The molecule has 1 N–H and O–H groups in total. The van der Waals surface area contributed by atoms with Gasteiger partial charge < -0.3 is 9.84 Å². The molecule has 0 aromatic carbocycles. The Morgan fingerprint density at radius 1 is 1.44 bits per heavy atom. The molecule has 0 fully saturated rings. The van der Waals surface area contributed by atoms with Gasteiger partial charge in [0.05, 0.1) is 13.0 Å². The van der Waals surface area contributed by atoms with Crippen molar-refractivity contribution in [3.05, 3.63) is 27.8 Å². The van der Waals surface area contributed by atoms with Gasteiger partial charge in [-0.15, -0.1) is 11.3 Å². The normalized spacial score (nSPS) is 10.9. The lowest BCUT2D eigenvalue weighted by Crippen LogP contribution is -2.11. The molecule has 6 heteroatoms. The minimum atomic E-state index is 0.625. The van der Waals surface area contributed by atoms with Gasteiger partial charge in [0.25, 0.3) is 0 Å². The van der Waals surface area contributed by atoms with Crippen LogP contribution in [0.15, 0.2) is 9.90 Å². The second-order valence-corrected chi connectivity index (χ2v) is 4.39. The second-order valence-electron chi connectivity index (χ2n) is 3.44. The molecule has 0 saturated heterocycles. The number of hydrogen-bond acceptors (Lipinski definition) is 6. The van der Waals surface area contributed by atoms with Crippen LogP contribution < -0.4 is 5.32 Å². The summed E-state index contributed by atoms with van der Waals surface area (Å²) in [5.41, 5.74) is 1.04. The summed E-state index contributed by atoms with van der Waals surface area (Å²) in [5.74, 6) is 1.33. The van der Waals surface area contributed by atoms with Gasteiger partial charge in [-0.25, -0.2) is 4.98 Å². The topological polar surface area (TPSA) is 63.8 Å². The molecule has 2 rings (SSSR count). The fourth-order valence-electron chi connectivity index (χ4n) is 1.28. The summed E-state index contributed by atoms with van der Waals surface area (Å²) in [7, 11) is 0. The highest BCUT2D eigenvalue weighted by molar-refractivity contribution is 7.09. The van der Waals surface area contributed by atoms with Gasteiger partial charge in [-0.3, -0.25) is 0 Å². The fraction of sp³-hybridized carbons (Fsp3) is 0.500. The first-order chi connectivity index (χ1) is 7.78. The predicted molar refractivity (Wildman–Crippen MR) is 61.3 cm³/mol. The van der Waals surface area contributed by atoms with Gasteiger partial charge in [-0.05, 0) is 13.5 Å². The van der Waals surface area contributed by atoms with Crippen LogP contribution in [0, 0.1) is 6.92 Å². The van der Waals surface area contributed by atoms with Crippen molar-refractivity contribution in [1.29, 1.82) is 0 Å². The van der Waals surface area contributed by atoms with E-state index in [0.29, 0.717) is 24.7 Å². The van der Waals surface area contributed by atoms with E-state index in [4.69, 9.17) is 4.52 Å². The molecule has 2 aromatic rings. The lowest BCUT2D eigenvalue weighted by molar-refractivity contribution is 0.365. The highest BCUT2D eigenvalue weighted by Gasteiger charge is 2.08. The Kier molecular flexibility index (Phi) is 3.63. The molecule has 0 spiro atoms. The average Bonchev–Trinajstić information content (AvgIpc) is 2.86. The van der Waals surface area contributed by atoms with Crippen molar-refractivity contribution in [3.8, 4) is 0 Å². The summed E-state index contributed by atoms with van der Waals surface area (Å²) in [6.45, 7) is 5.53. The van der Waals surface area contributed by atoms with Crippen molar-refractivity contribution < 1.29 is 4.52 Å². The summed E-state index contributed by atoms with van der Waals surface area (Å²) in [6.07, 6.45) is 0.647. The van der Waals surface area contributed by atoms with Crippen LogP contribution in [0.1, 0.15) is 29.3 Å². The van der Waals surface area contributed by atoms with Crippen molar-refractivity contribution in [2.75, 3.05) is 6.54 Å². The van der Waals surface area contributed by atoms with Gasteiger partial charge in [0.1, 0.15) is 5.01 Å². The molecule has 2 heterocycles. The molecule has 0 aliphatic heterocycles. The molecular weight excluding hydrogens is 224 g/mol. The average molecular weight is 238 g/mol. The third-order valence-corrected chi connectivity index (χ3v) is 2.98. The van der Waals surface area contributed by atoms with E-state index in [2.05, 4.69) is 20.4 Å². The van der Waals surface area contributed by atoms with E-state index in [1.165, 1.54) is 0 Å². The number of nitrogens with one attached hydrogen (secondary N) is 1. The molecule has 0 saturated carbocycles. The van der Waals surface area contributed by atoms with E-state index in [0.717, 1.165) is 17.2 Å². The number of thiazole rings is 1. The van der Waals surface area contributed by atoms with E-state index in [9.17, 15) is 0 Å². The lowest BCUT2D eigenvalue weighted by Gasteiger charge is -1.92. The van der Waals surface area contributed by atoms with Crippen LogP contribution in [-0.4, -0.2) is 21.7 Å². The van der Waals surface area contributed by atoms with Crippen LogP contribution in [0.3, 0.4) is 0 Å². The minimum Gasteiger partial charge on any atom is -0.338 e. The van der Waals surface area contributed by atoms with Gasteiger partial charge in [-0.1, -0.05) is 12.1 Å². The highest BCUT2D eigenvalue weighted by atomic mass is 32.1. The van der Waals surface area contributed by atoms with Gasteiger partial charge in [0.2, 0.25) is 5.89 Å². The third kappa shape index (κ3) is 2.86. The van der Waals surface area contributed by atoms with Crippen molar-refractivity contribution in [2.45, 2.75) is 26.8 Å². The van der Waals surface area contributed by atoms with Crippen LogP contribution >= 0.6 is 11.3 Å². The van der Waals surface area contributed by atoms with Crippen molar-refractivity contribution in [2.24, 2.45) is 0 Å². The molecule has 0 aliphatic carbocycles. The van der Waals surface area contributed by atoms with Gasteiger partial charge in [0, 0.05) is 11.1 Å². The Morgan fingerprint density at radius 2 is 2.31 bits per heavy atom. The second kappa shape index (κ2) is 5.18. The monoisotopic (exact) mass is 238 g/mol. The van der Waals surface area contributed by atoms with E-state index in [1.54, 1.807) is 11.3 Å². The number of aryl methyl sites for hydroxylation is 1. The molecule has 16 heavy (non-hydrogen) atoms. The maximum Gasteiger partial charge on any atom is 0.240 e. The number of nitrogens with zero attached hydrogens (tertiary/aromatic N) is 3. The molecule has 0 atom stereocenters. The van der Waals surface area contributed by atoms with Crippen LogP contribution in [0.4, 0.5) is 0 Å². The molecule has 86 valence electrons. The zero-order valence-electron chi connectivity index (χ0n) is 9.36. The number of aromatic nitrogens is 3. The molecule has 0 amide bonds. The Labute approximate surface area is 97.9 Å². The zero-order chi connectivity index (χ0) is 11.4. The third-order valence-electron chi connectivity index (χ3n) is 2.01. The van der Waals surface area contributed by atoms with Crippen LogP contribution in [0.25, 0.3) is 0 Å². The van der Waals surface area contributed by atoms with E-state index < -0.39 is 0 Å². The molecule has 0 unspecified atom stereocenters. The molecule has 0 bridgehead atoms. The van der Waals surface area contributed by atoms with Crippen molar-refractivity contribution >= 4 is 11.3 Å². The van der Waals surface area contributed by atoms with E-state index in [-0.39, 0.29) is 0 Å². The quantitative estimate of drug-likeness (QED) is 0.856. The molecule has 2 aromatic heterocycles. The first-order valence-electron chi connectivity index (χ1n) is 5.21. The summed E-state index contributed by atoms with van der Waals surface area (Å²) in [4.78, 5) is 8.64. The van der Waals surface area contributed by atoms with Crippen LogP contribution in [0.2, 0.25) is 0 Å². The Bertz CT molecular complexity index is 451. The van der Waals surface area contributed by atoms with Gasteiger partial charge in [0.15, 0.2) is 5.82 Å². The fourth-order valence-corrected chi connectivity index (χ4v) is 2.05. The maximum atomic E-state index is 5.10. The predicted octanol–water partition coefficient (Wildman–Crippen LogP) is 1.53. The summed E-state index contributed by atoms with van der Waals surface area (Å²) >= 11 is 1.62. The van der Waals surface area contributed by atoms with Gasteiger partial charge in [-0.2, -0.15) is 4.98 Å². The summed E-state index contributed by atoms with van der Waals surface area (Å²) < 4.78 is 5.10. The Morgan fingerprint density at radius 3 is 3.00 bits per heavy atom. The van der Waals surface area contributed by atoms with Crippen LogP contribution in [-0.2, 0) is 13.0 Å². The molecule has 5 nitrogen and oxygen atoms in total. The molecule has 0 aliphatic rings. The maximum absolute atomic E-state index is 5.10. The van der Waals surface area contributed by atoms with E-state index >= 15 is 0 Å². The largest absolute Gasteiger partial charge is 0.338 e. The first-order valence-corrected chi connectivity index (χ1v) is 6.09. The summed E-state index contributed by atoms with van der Waals surface area (Å²) in [5, 5.41) is 10.1. The number of hydrogen-bond donors (Lipinski definition) is 1. The smallest absolute Gasteiger partial charge is 0.240 e. The van der Waals surface area contributed by atoms with Crippen molar-refractivity contribution in [1.82, 2.24) is 20.4 Å². The van der Waals surface area contributed by atoms with Crippen LogP contribution in [0.5, 0.6) is 0 Å². The van der Waals surface area contributed by atoms with Gasteiger partial charge >= 0.3 is 0 Å². The lowest BCUT2D eigenvalue weighted by atomic mass is 10.4.